The number of carbonyl (C=O) groups excluding carboxylic acids is 2. The van der Waals surface area contributed by atoms with Gasteiger partial charge in [-0.25, -0.2) is 4.79 Å². The number of rotatable bonds is 15. The highest BCUT2D eigenvalue weighted by atomic mass is 16.5. The molecule has 1 rings (SSSR count). The molecule has 0 saturated carbocycles. The summed E-state index contributed by atoms with van der Waals surface area (Å²) in [6, 6.07) is 3.22. The Labute approximate surface area is 157 Å². The first-order chi connectivity index (χ1) is 13.2. The van der Waals surface area contributed by atoms with Gasteiger partial charge in [0.25, 0.3) is 0 Å². The molecule has 0 fully saturated rings. The van der Waals surface area contributed by atoms with Crippen LogP contribution in [0, 0.1) is 0 Å². The van der Waals surface area contributed by atoms with Crippen LogP contribution in [-0.2, 0) is 11.3 Å². The van der Waals surface area contributed by atoms with Crippen LogP contribution < -0.4 is 0 Å². The van der Waals surface area contributed by atoms with Crippen molar-refractivity contribution in [3.63, 3.8) is 0 Å². The molecule has 146 valence electrons. The highest BCUT2D eigenvalue weighted by Crippen LogP contribution is 2.13. The number of carbonyl (C=O) groups is 2. The van der Waals surface area contributed by atoms with Gasteiger partial charge >= 0.3 is 5.97 Å². The number of esters is 1. The van der Waals surface area contributed by atoms with Crippen LogP contribution >= 0.6 is 0 Å². The van der Waals surface area contributed by atoms with Crippen molar-refractivity contribution < 1.29 is 14.3 Å². The maximum Gasteiger partial charge on any atom is 0.354 e. The standard InChI is InChI=1S/C17H25N7O3/c18-22-20-10-4-1-2-6-12-24-15(14-25)8-9-16(24)17(26)27-13-7-3-5-11-21-23-19/h8-9,14H,1-7,10-13H2. The molecule has 0 aromatic carbocycles. The lowest BCUT2D eigenvalue weighted by Gasteiger charge is -2.11. The maximum atomic E-state index is 12.3. The van der Waals surface area contributed by atoms with Crippen LogP contribution in [-0.4, -0.2) is 36.5 Å². The SMILES string of the molecule is [N-]=[N+]=NCCCCCCn1c(C=O)ccc1C(=O)OCCCCCN=[N+]=[N-]. The number of aldehydes is 1. The molecule has 0 spiro atoms. The molecule has 10 heteroatoms. The van der Waals surface area contributed by atoms with Crippen molar-refractivity contribution in [3.8, 4) is 0 Å². The molecule has 0 saturated heterocycles. The van der Waals surface area contributed by atoms with Gasteiger partial charge in [-0.15, -0.1) is 0 Å². The van der Waals surface area contributed by atoms with E-state index in [1.165, 1.54) is 0 Å². The summed E-state index contributed by atoms with van der Waals surface area (Å²) in [4.78, 5) is 28.9. The van der Waals surface area contributed by atoms with Gasteiger partial charge < -0.3 is 9.30 Å². The minimum absolute atomic E-state index is 0.288. The summed E-state index contributed by atoms with van der Waals surface area (Å²) in [5.74, 6) is -0.443. The zero-order chi connectivity index (χ0) is 19.7. The lowest BCUT2D eigenvalue weighted by molar-refractivity contribution is 0.0485. The van der Waals surface area contributed by atoms with Crippen LogP contribution in [0.15, 0.2) is 22.4 Å². The predicted octanol–water partition coefficient (Wildman–Crippen LogP) is 4.81. The smallest absolute Gasteiger partial charge is 0.354 e. The summed E-state index contributed by atoms with van der Waals surface area (Å²) in [7, 11) is 0. The van der Waals surface area contributed by atoms with E-state index in [0.717, 1.165) is 44.8 Å². The Morgan fingerprint density at radius 2 is 1.63 bits per heavy atom. The molecule has 1 aromatic rings. The third-order valence-electron chi connectivity index (χ3n) is 4.00. The summed E-state index contributed by atoms with van der Waals surface area (Å²) in [6.07, 6.45) is 6.46. The molecule has 1 heterocycles. The van der Waals surface area contributed by atoms with Crippen LogP contribution in [0.5, 0.6) is 0 Å². The second-order valence-corrected chi connectivity index (χ2v) is 5.93. The third kappa shape index (κ3) is 8.80. The lowest BCUT2D eigenvalue weighted by atomic mass is 10.2. The molecule has 0 aliphatic heterocycles. The Kier molecular flexibility index (Phi) is 11.6. The van der Waals surface area contributed by atoms with E-state index in [4.69, 9.17) is 15.8 Å². The first-order valence-electron chi connectivity index (χ1n) is 9.08. The number of ether oxygens (including phenoxy) is 1. The first-order valence-corrected chi connectivity index (χ1v) is 9.08. The van der Waals surface area contributed by atoms with Gasteiger partial charge in [-0.3, -0.25) is 4.79 Å². The number of aromatic nitrogens is 1. The van der Waals surface area contributed by atoms with Gasteiger partial charge in [-0.1, -0.05) is 23.1 Å². The van der Waals surface area contributed by atoms with Crippen LogP contribution in [0.25, 0.3) is 20.9 Å². The van der Waals surface area contributed by atoms with E-state index >= 15 is 0 Å². The van der Waals surface area contributed by atoms with E-state index in [1.54, 1.807) is 16.7 Å². The summed E-state index contributed by atoms with van der Waals surface area (Å²) < 4.78 is 6.96. The fraction of sp³-hybridized carbons (Fsp3) is 0.647. The van der Waals surface area contributed by atoms with E-state index in [2.05, 4.69) is 20.1 Å². The summed E-state index contributed by atoms with van der Waals surface area (Å²) in [6.45, 7) is 1.77. The number of unbranched alkanes of at least 4 members (excludes halogenated alkanes) is 5. The molecule has 0 unspecified atom stereocenters. The topological polar surface area (TPSA) is 146 Å². The highest BCUT2D eigenvalue weighted by molar-refractivity contribution is 5.89. The summed E-state index contributed by atoms with van der Waals surface area (Å²) in [5, 5.41) is 6.93. The Bertz CT molecular complexity index is 689. The minimum Gasteiger partial charge on any atom is -0.461 e. The van der Waals surface area contributed by atoms with E-state index in [9.17, 15) is 9.59 Å². The second kappa shape index (κ2) is 14.2. The molecule has 0 aliphatic rings. The quantitative estimate of drug-likeness (QED) is 0.108. The van der Waals surface area contributed by atoms with E-state index < -0.39 is 5.97 Å². The zero-order valence-corrected chi connectivity index (χ0v) is 15.4. The predicted molar refractivity (Wildman–Crippen MR) is 100 cm³/mol. The van der Waals surface area contributed by atoms with Crippen molar-refractivity contribution in [3.05, 3.63) is 44.4 Å². The van der Waals surface area contributed by atoms with Crippen LogP contribution in [0.3, 0.4) is 0 Å². The van der Waals surface area contributed by atoms with Crippen LogP contribution in [0.4, 0.5) is 0 Å². The molecule has 0 N–H and O–H groups in total. The van der Waals surface area contributed by atoms with Gasteiger partial charge in [0.05, 0.1) is 12.3 Å². The van der Waals surface area contributed by atoms with Crippen LogP contribution in [0.2, 0.25) is 0 Å². The molecule has 0 aliphatic carbocycles. The largest absolute Gasteiger partial charge is 0.461 e. The van der Waals surface area contributed by atoms with E-state index in [-0.39, 0.29) is 6.61 Å². The van der Waals surface area contributed by atoms with E-state index in [1.807, 2.05) is 0 Å². The van der Waals surface area contributed by atoms with Crippen molar-refractivity contribution in [2.24, 2.45) is 10.2 Å². The van der Waals surface area contributed by atoms with Gasteiger partial charge in [0.2, 0.25) is 0 Å². The van der Waals surface area contributed by atoms with Crippen molar-refractivity contribution in [1.82, 2.24) is 4.57 Å². The van der Waals surface area contributed by atoms with Crippen molar-refractivity contribution in [1.29, 1.82) is 0 Å². The van der Waals surface area contributed by atoms with Gasteiger partial charge in [-0.05, 0) is 55.3 Å². The van der Waals surface area contributed by atoms with Crippen molar-refractivity contribution >= 4 is 12.3 Å². The van der Waals surface area contributed by atoms with Crippen molar-refractivity contribution in [2.75, 3.05) is 19.7 Å². The van der Waals surface area contributed by atoms with E-state index in [0.29, 0.717) is 37.4 Å². The minimum atomic E-state index is -0.443. The molecule has 0 radical (unpaired) electrons. The number of azide groups is 2. The molecular weight excluding hydrogens is 350 g/mol. The summed E-state index contributed by atoms with van der Waals surface area (Å²) >= 11 is 0. The molecule has 10 nitrogen and oxygen atoms in total. The maximum absolute atomic E-state index is 12.3. The Hall–Kier alpha value is -2.96. The normalized spacial score (nSPS) is 9.93. The molecule has 0 atom stereocenters. The van der Waals surface area contributed by atoms with Gasteiger partial charge in [0.1, 0.15) is 5.69 Å². The Balaban J connectivity index is 2.41. The number of hydrogen-bond donors (Lipinski definition) is 0. The fourth-order valence-corrected chi connectivity index (χ4v) is 2.61. The van der Waals surface area contributed by atoms with Gasteiger partial charge in [0.15, 0.2) is 6.29 Å². The second-order valence-electron chi connectivity index (χ2n) is 5.93. The van der Waals surface area contributed by atoms with Gasteiger partial charge in [0, 0.05) is 29.5 Å². The van der Waals surface area contributed by atoms with Crippen molar-refractivity contribution in [2.45, 2.75) is 51.5 Å². The number of nitrogens with zero attached hydrogens (tertiary/aromatic N) is 7. The van der Waals surface area contributed by atoms with Crippen LogP contribution in [0.1, 0.15) is 65.9 Å². The highest BCUT2D eigenvalue weighted by Gasteiger charge is 2.15. The Morgan fingerprint density at radius 3 is 2.26 bits per heavy atom. The number of hydrogen-bond acceptors (Lipinski definition) is 5. The average molecular weight is 375 g/mol. The molecule has 1 aromatic heterocycles. The monoisotopic (exact) mass is 375 g/mol. The third-order valence-corrected chi connectivity index (χ3v) is 4.00. The first kappa shape index (κ1) is 22.1. The summed E-state index contributed by atoms with van der Waals surface area (Å²) in [5.41, 5.74) is 17.2. The molecule has 0 amide bonds. The molecule has 27 heavy (non-hydrogen) atoms. The fourth-order valence-electron chi connectivity index (χ4n) is 2.61. The molecule has 0 bridgehead atoms. The molecular formula is C17H25N7O3. The zero-order valence-electron chi connectivity index (χ0n) is 15.4. The van der Waals surface area contributed by atoms with Gasteiger partial charge in [-0.2, -0.15) is 0 Å². The Morgan fingerprint density at radius 1 is 1.00 bits per heavy atom. The lowest BCUT2D eigenvalue weighted by Crippen LogP contribution is -2.15. The average Bonchev–Trinajstić information content (AvgIpc) is 3.09.